The first kappa shape index (κ1) is 19.0. The van der Waals surface area contributed by atoms with E-state index >= 15 is 0 Å². The highest BCUT2D eigenvalue weighted by atomic mass is 16.5. The number of ether oxygens (including phenoxy) is 2. The number of hydrogen-bond acceptors (Lipinski definition) is 3. The van der Waals surface area contributed by atoms with Crippen LogP contribution in [0.25, 0.3) is 16.8 Å². The molecule has 0 aliphatic carbocycles. The van der Waals surface area contributed by atoms with Crippen molar-refractivity contribution in [3.63, 3.8) is 0 Å². The zero-order valence-corrected chi connectivity index (χ0v) is 17.9. The molecular formula is C27H29NO2. The standard InChI is InChI=1S/C27H29NO2/c1-27(20-11-13-21(29-2)14-12-20)16-15-24-22-9-5-6-10-23(22)25(19-26(24)30-27)28-17-7-3-4-8-18-28/h5-6,9-16,19H,3-4,7-8,17-18H2,1-2H3. The fourth-order valence-electron chi connectivity index (χ4n) is 4.77. The van der Waals surface area contributed by atoms with E-state index in [9.17, 15) is 0 Å². The first-order valence-electron chi connectivity index (χ1n) is 11.0. The lowest BCUT2D eigenvalue weighted by atomic mass is 9.90. The van der Waals surface area contributed by atoms with E-state index in [2.05, 4.69) is 66.4 Å². The Morgan fingerprint density at radius 1 is 0.900 bits per heavy atom. The molecule has 3 aromatic rings. The maximum absolute atomic E-state index is 6.70. The van der Waals surface area contributed by atoms with Gasteiger partial charge in [0.25, 0.3) is 0 Å². The van der Waals surface area contributed by atoms with Gasteiger partial charge in [0.05, 0.1) is 7.11 Å². The van der Waals surface area contributed by atoms with Gasteiger partial charge in [0, 0.05) is 35.8 Å². The van der Waals surface area contributed by atoms with Gasteiger partial charge in [-0.2, -0.15) is 0 Å². The highest BCUT2D eigenvalue weighted by molar-refractivity contribution is 6.02. The van der Waals surface area contributed by atoms with Crippen molar-refractivity contribution in [2.75, 3.05) is 25.1 Å². The van der Waals surface area contributed by atoms with Gasteiger partial charge in [0.1, 0.15) is 17.1 Å². The van der Waals surface area contributed by atoms with E-state index in [0.717, 1.165) is 30.2 Å². The Kier molecular flexibility index (Phi) is 4.90. The Bertz CT molecular complexity index is 1080. The molecule has 0 N–H and O–H groups in total. The lowest BCUT2D eigenvalue weighted by Gasteiger charge is -2.34. The molecule has 30 heavy (non-hydrogen) atoms. The topological polar surface area (TPSA) is 21.7 Å². The Labute approximate surface area is 178 Å². The molecule has 3 heteroatoms. The van der Waals surface area contributed by atoms with E-state index < -0.39 is 5.60 Å². The lowest BCUT2D eigenvalue weighted by Crippen LogP contribution is -2.30. The van der Waals surface area contributed by atoms with Crippen LogP contribution in [0.2, 0.25) is 0 Å². The van der Waals surface area contributed by atoms with Crippen LogP contribution >= 0.6 is 0 Å². The molecule has 1 fully saturated rings. The molecule has 0 bridgehead atoms. The number of methoxy groups -OCH3 is 1. The maximum atomic E-state index is 6.70. The van der Waals surface area contributed by atoms with Crippen LogP contribution in [0.3, 0.4) is 0 Å². The van der Waals surface area contributed by atoms with Crippen molar-refractivity contribution in [2.24, 2.45) is 0 Å². The Morgan fingerprint density at radius 3 is 2.30 bits per heavy atom. The number of hydrogen-bond donors (Lipinski definition) is 0. The van der Waals surface area contributed by atoms with Crippen LogP contribution in [0.15, 0.2) is 60.7 Å². The first-order chi connectivity index (χ1) is 14.7. The summed E-state index contributed by atoms with van der Waals surface area (Å²) in [7, 11) is 1.69. The van der Waals surface area contributed by atoms with Crippen molar-refractivity contribution in [3.8, 4) is 11.5 Å². The molecule has 0 aromatic heterocycles. The zero-order chi connectivity index (χ0) is 20.6. The van der Waals surface area contributed by atoms with E-state index in [1.165, 1.54) is 47.7 Å². The van der Waals surface area contributed by atoms with E-state index in [1.54, 1.807) is 7.11 Å². The second kappa shape index (κ2) is 7.71. The Balaban J connectivity index is 1.60. The van der Waals surface area contributed by atoms with Gasteiger partial charge in [0.15, 0.2) is 0 Å². The summed E-state index contributed by atoms with van der Waals surface area (Å²) in [5.74, 6) is 1.82. The number of nitrogens with zero attached hydrogens (tertiary/aromatic N) is 1. The molecule has 0 saturated carbocycles. The monoisotopic (exact) mass is 399 g/mol. The minimum absolute atomic E-state index is 0.502. The quantitative estimate of drug-likeness (QED) is 0.498. The van der Waals surface area contributed by atoms with Gasteiger partial charge >= 0.3 is 0 Å². The lowest BCUT2D eigenvalue weighted by molar-refractivity contribution is 0.138. The van der Waals surface area contributed by atoms with Crippen molar-refractivity contribution in [1.29, 1.82) is 0 Å². The fraction of sp³-hybridized carbons (Fsp3) is 0.333. The van der Waals surface area contributed by atoms with Gasteiger partial charge in [-0.25, -0.2) is 0 Å². The predicted molar refractivity (Wildman–Crippen MR) is 125 cm³/mol. The van der Waals surface area contributed by atoms with E-state index in [1.807, 2.05) is 12.1 Å². The third-order valence-electron chi connectivity index (χ3n) is 6.53. The van der Waals surface area contributed by atoms with Gasteiger partial charge in [-0.1, -0.05) is 55.3 Å². The van der Waals surface area contributed by atoms with Crippen molar-refractivity contribution in [2.45, 2.75) is 38.2 Å². The molecule has 3 aromatic carbocycles. The van der Waals surface area contributed by atoms with Gasteiger partial charge in [0.2, 0.25) is 0 Å². The van der Waals surface area contributed by atoms with Gasteiger partial charge in [-0.05, 0) is 48.9 Å². The summed E-state index contributed by atoms with van der Waals surface area (Å²) in [6, 6.07) is 19.2. The van der Waals surface area contributed by atoms with Crippen molar-refractivity contribution in [3.05, 3.63) is 71.8 Å². The van der Waals surface area contributed by atoms with Crippen molar-refractivity contribution in [1.82, 2.24) is 0 Å². The summed E-state index contributed by atoms with van der Waals surface area (Å²) in [6.07, 6.45) is 9.58. The predicted octanol–water partition coefficient (Wildman–Crippen LogP) is 6.55. The summed E-state index contributed by atoms with van der Waals surface area (Å²) in [5.41, 5.74) is 3.10. The number of fused-ring (bicyclic) bond motifs is 3. The minimum Gasteiger partial charge on any atom is -0.497 e. The summed E-state index contributed by atoms with van der Waals surface area (Å²) < 4.78 is 12.0. The molecule has 5 rings (SSSR count). The SMILES string of the molecule is COc1ccc(C2(C)C=Cc3c(cc(N4CCCCCC4)c4ccccc34)O2)cc1. The average molecular weight is 400 g/mol. The fourth-order valence-corrected chi connectivity index (χ4v) is 4.77. The summed E-state index contributed by atoms with van der Waals surface area (Å²) in [5, 5.41) is 2.58. The van der Waals surface area contributed by atoms with Crippen molar-refractivity contribution < 1.29 is 9.47 Å². The summed E-state index contributed by atoms with van der Waals surface area (Å²) in [6.45, 7) is 4.37. The van der Waals surface area contributed by atoms with Gasteiger partial charge < -0.3 is 14.4 Å². The summed E-state index contributed by atoms with van der Waals surface area (Å²) >= 11 is 0. The molecule has 1 unspecified atom stereocenters. The van der Waals surface area contributed by atoms with Crippen LogP contribution < -0.4 is 14.4 Å². The number of anilines is 1. The molecule has 2 heterocycles. The zero-order valence-electron chi connectivity index (χ0n) is 17.9. The number of benzene rings is 3. The third kappa shape index (κ3) is 3.32. The molecule has 0 radical (unpaired) electrons. The van der Waals surface area contributed by atoms with E-state index in [4.69, 9.17) is 9.47 Å². The Morgan fingerprint density at radius 2 is 1.60 bits per heavy atom. The maximum Gasteiger partial charge on any atom is 0.150 e. The molecule has 2 aliphatic rings. The molecule has 154 valence electrons. The van der Waals surface area contributed by atoms with Crippen LogP contribution in [-0.4, -0.2) is 20.2 Å². The molecule has 1 atom stereocenters. The first-order valence-corrected chi connectivity index (χ1v) is 11.0. The van der Waals surface area contributed by atoms with Crippen molar-refractivity contribution >= 4 is 22.5 Å². The third-order valence-corrected chi connectivity index (χ3v) is 6.53. The Hall–Kier alpha value is -2.94. The number of rotatable bonds is 3. The van der Waals surface area contributed by atoms with Gasteiger partial charge in [-0.3, -0.25) is 0 Å². The highest BCUT2D eigenvalue weighted by Crippen LogP contribution is 2.44. The average Bonchev–Trinajstić information content (AvgIpc) is 3.08. The summed E-state index contributed by atoms with van der Waals surface area (Å²) in [4.78, 5) is 2.56. The molecule has 0 spiro atoms. The molecule has 2 aliphatic heterocycles. The van der Waals surface area contributed by atoms with Crippen LogP contribution in [-0.2, 0) is 5.60 Å². The molecule has 3 nitrogen and oxygen atoms in total. The van der Waals surface area contributed by atoms with E-state index in [-0.39, 0.29) is 0 Å². The second-order valence-electron chi connectivity index (χ2n) is 8.53. The normalized spacial score (nSPS) is 21.1. The largest absolute Gasteiger partial charge is 0.497 e. The molecule has 0 amide bonds. The second-order valence-corrected chi connectivity index (χ2v) is 8.53. The van der Waals surface area contributed by atoms with Gasteiger partial charge in [-0.15, -0.1) is 0 Å². The minimum atomic E-state index is -0.502. The van der Waals surface area contributed by atoms with Crippen LogP contribution in [0.4, 0.5) is 5.69 Å². The molecular weight excluding hydrogens is 370 g/mol. The van der Waals surface area contributed by atoms with Crippen LogP contribution in [0.5, 0.6) is 11.5 Å². The smallest absolute Gasteiger partial charge is 0.150 e. The highest BCUT2D eigenvalue weighted by Gasteiger charge is 2.31. The molecule has 1 saturated heterocycles. The van der Waals surface area contributed by atoms with E-state index in [0.29, 0.717) is 0 Å². The van der Waals surface area contributed by atoms with Crippen LogP contribution in [0.1, 0.15) is 43.7 Å². The van der Waals surface area contributed by atoms with Crippen LogP contribution in [0, 0.1) is 0 Å².